The first-order valence-corrected chi connectivity index (χ1v) is 6.70. The number of rotatable bonds is 2. The highest BCUT2D eigenvalue weighted by molar-refractivity contribution is 7.95. The molecule has 1 aliphatic heterocycles. The van der Waals surface area contributed by atoms with E-state index in [2.05, 4.69) is 0 Å². The average Bonchev–Trinajstić information content (AvgIpc) is 2.29. The molecule has 0 bridgehead atoms. The molecule has 2 rings (SSSR count). The first-order chi connectivity index (χ1) is 8.01. The van der Waals surface area contributed by atoms with Crippen LogP contribution < -0.4 is 0 Å². The Bertz CT molecular complexity index is 570. The van der Waals surface area contributed by atoms with Crippen LogP contribution in [-0.2, 0) is 19.4 Å². The van der Waals surface area contributed by atoms with E-state index in [1.54, 1.807) is 18.2 Å². The summed E-state index contributed by atoms with van der Waals surface area (Å²) in [5.41, 5.74) is 0. The van der Waals surface area contributed by atoms with E-state index in [9.17, 15) is 13.2 Å². The zero-order chi connectivity index (χ0) is 12.5. The molecule has 0 amide bonds. The van der Waals surface area contributed by atoms with Crippen molar-refractivity contribution in [2.45, 2.75) is 24.7 Å². The van der Waals surface area contributed by atoms with Gasteiger partial charge in [-0.15, -0.1) is 0 Å². The molecule has 1 aliphatic rings. The van der Waals surface area contributed by atoms with Gasteiger partial charge in [0.2, 0.25) is 9.84 Å². The van der Waals surface area contributed by atoms with Crippen molar-refractivity contribution in [2.24, 2.45) is 0 Å². The van der Waals surface area contributed by atoms with E-state index >= 15 is 0 Å². The molecule has 0 saturated heterocycles. The minimum Gasteiger partial charge on any atom is -0.430 e. The number of hydrogen-bond acceptors (Lipinski definition) is 4. The molecule has 17 heavy (non-hydrogen) atoms. The first-order valence-electron chi connectivity index (χ1n) is 5.22. The third-order valence-electron chi connectivity index (χ3n) is 2.59. The van der Waals surface area contributed by atoms with Gasteiger partial charge in [0.25, 0.3) is 0 Å². The Hall–Kier alpha value is -1.62. The van der Waals surface area contributed by atoms with E-state index in [1.807, 2.05) is 0 Å². The number of sulfone groups is 1. The van der Waals surface area contributed by atoms with Crippen molar-refractivity contribution >= 4 is 15.8 Å². The Kier molecular flexibility index (Phi) is 3.02. The van der Waals surface area contributed by atoms with Gasteiger partial charge in [0, 0.05) is 0 Å². The lowest BCUT2D eigenvalue weighted by atomic mass is 10.2. The van der Waals surface area contributed by atoms with Crippen molar-refractivity contribution in [3.63, 3.8) is 0 Å². The van der Waals surface area contributed by atoms with Gasteiger partial charge >= 0.3 is 5.97 Å². The Morgan fingerprint density at radius 2 is 1.76 bits per heavy atom. The smallest absolute Gasteiger partial charge is 0.311 e. The van der Waals surface area contributed by atoms with Gasteiger partial charge in [0.1, 0.15) is 5.76 Å². The van der Waals surface area contributed by atoms with Crippen LogP contribution >= 0.6 is 0 Å². The minimum atomic E-state index is -3.53. The van der Waals surface area contributed by atoms with Crippen LogP contribution in [0.3, 0.4) is 0 Å². The number of hydrogen-bond donors (Lipinski definition) is 0. The van der Waals surface area contributed by atoms with Crippen molar-refractivity contribution in [3.05, 3.63) is 41.0 Å². The second kappa shape index (κ2) is 4.33. The van der Waals surface area contributed by atoms with E-state index in [1.165, 1.54) is 19.1 Å². The number of carbonyl (C=O) groups is 1. The van der Waals surface area contributed by atoms with Crippen molar-refractivity contribution in [3.8, 4) is 0 Å². The monoisotopic (exact) mass is 252 g/mol. The first kappa shape index (κ1) is 11.9. The summed E-state index contributed by atoms with van der Waals surface area (Å²) >= 11 is 0. The molecule has 1 heterocycles. The third kappa shape index (κ3) is 2.24. The maximum atomic E-state index is 12.3. The lowest BCUT2D eigenvalue weighted by Crippen LogP contribution is -2.17. The molecule has 1 aromatic rings. The summed E-state index contributed by atoms with van der Waals surface area (Å²) < 4.78 is 29.4. The zero-order valence-corrected chi connectivity index (χ0v) is 10.2. The molecule has 0 radical (unpaired) electrons. The van der Waals surface area contributed by atoms with E-state index < -0.39 is 9.84 Å². The highest BCUT2D eigenvalue weighted by atomic mass is 32.2. The van der Waals surface area contributed by atoms with Crippen LogP contribution in [0.5, 0.6) is 0 Å². The number of ether oxygens (including phenoxy) is 1. The molecule has 0 aromatic heterocycles. The summed E-state index contributed by atoms with van der Waals surface area (Å²) in [5.74, 6) is -0.195. The van der Waals surface area contributed by atoms with Crippen LogP contribution in [0.15, 0.2) is 45.9 Å². The molecule has 4 nitrogen and oxygen atoms in total. The highest BCUT2D eigenvalue weighted by Gasteiger charge is 2.28. The van der Waals surface area contributed by atoms with Gasteiger partial charge < -0.3 is 4.74 Å². The highest BCUT2D eigenvalue weighted by Crippen LogP contribution is 2.29. The summed E-state index contributed by atoms with van der Waals surface area (Å²) in [5, 5.41) is 0. The number of carbonyl (C=O) groups excluding carboxylic acids is 1. The van der Waals surface area contributed by atoms with Crippen molar-refractivity contribution in [2.75, 3.05) is 0 Å². The largest absolute Gasteiger partial charge is 0.430 e. The lowest BCUT2D eigenvalue weighted by Gasteiger charge is -2.17. The number of benzene rings is 1. The maximum absolute atomic E-state index is 12.3. The van der Waals surface area contributed by atoms with Crippen LogP contribution in [-0.4, -0.2) is 14.4 Å². The predicted molar refractivity (Wildman–Crippen MR) is 61.7 cm³/mol. The molecule has 1 aromatic carbocycles. The average molecular weight is 252 g/mol. The number of cyclic esters (lactones) is 1. The SMILES string of the molecule is CC1=C(S(=O)(=O)c2ccccc2)CCC(=O)O1. The molecule has 90 valence electrons. The topological polar surface area (TPSA) is 60.4 Å². The quantitative estimate of drug-likeness (QED) is 0.756. The normalized spacial score (nSPS) is 16.9. The second-order valence-electron chi connectivity index (χ2n) is 3.77. The van der Waals surface area contributed by atoms with Gasteiger partial charge in [-0.05, 0) is 25.5 Å². The molecule has 0 fully saturated rings. The van der Waals surface area contributed by atoms with Gasteiger partial charge in [0.05, 0.1) is 16.2 Å². The van der Waals surface area contributed by atoms with Gasteiger partial charge in [-0.3, -0.25) is 4.79 Å². The molecule has 0 saturated carbocycles. The molecule has 0 N–H and O–H groups in total. The Balaban J connectivity index is 2.48. The van der Waals surface area contributed by atoms with E-state index in [0.29, 0.717) is 0 Å². The van der Waals surface area contributed by atoms with Crippen LogP contribution in [0.1, 0.15) is 19.8 Å². The fourth-order valence-electron chi connectivity index (χ4n) is 1.74. The van der Waals surface area contributed by atoms with Gasteiger partial charge in [0.15, 0.2) is 0 Å². The summed E-state index contributed by atoms with van der Waals surface area (Å²) in [7, 11) is -3.53. The minimum absolute atomic E-state index is 0.110. The molecular weight excluding hydrogens is 240 g/mol. The molecule has 0 aliphatic carbocycles. The van der Waals surface area contributed by atoms with Crippen molar-refractivity contribution < 1.29 is 17.9 Å². The molecule has 0 unspecified atom stereocenters. The van der Waals surface area contributed by atoms with Crippen molar-refractivity contribution in [1.82, 2.24) is 0 Å². The summed E-state index contributed by atoms with van der Waals surface area (Å²) in [6.07, 6.45) is 0.320. The summed E-state index contributed by atoms with van der Waals surface area (Å²) in [6, 6.07) is 8.15. The van der Waals surface area contributed by atoms with E-state index in [0.717, 1.165) is 0 Å². The van der Waals surface area contributed by atoms with Crippen molar-refractivity contribution in [1.29, 1.82) is 0 Å². The molecule has 0 atom stereocenters. The Morgan fingerprint density at radius 1 is 1.12 bits per heavy atom. The number of esters is 1. The van der Waals surface area contributed by atoms with Gasteiger partial charge in [-0.2, -0.15) is 0 Å². The van der Waals surface area contributed by atoms with E-state index in [4.69, 9.17) is 4.74 Å². The van der Waals surface area contributed by atoms with Gasteiger partial charge in [-0.1, -0.05) is 18.2 Å². The molecule has 5 heteroatoms. The fourth-order valence-corrected chi connectivity index (χ4v) is 3.33. The standard InChI is InChI=1S/C12H12O4S/c1-9-11(7-8-12(13)16-9)17(14,15)10-5-3-2-4-6-10/h2-6H,7-8H2,1H3. The predicted octanol–water partition coefficient (Wildman–Crippen LogP) is 2.03. The lowest BCUT2D eigenvalue weighted by molar-refractivity contribution is -0.140. The van der Waals surface area contributed by atoms with Crippen LogP contribution in [0.2, 0.25) is 0 Å². The third-order valence-corrected chi connectivity index (χ3v) is 4.63. The summed E-state index contributed by atoms with van der Waals surface area (Å²) in [4.78, 5) is 11.5. The zero-order valence-electron chi connectivity index (χ0n) is 9.34. The second-order valence-corrected chi connectivity index (χ2v) is 5.74. The van der Waals surface area contributed by atoms with Crippen LogP contribution in [0.25, 0.3) is 0 Å². The van der Waals surface area contributed by atoms with Gasteiger partial charge in [-0.25, -0.2) is 8.42 Å². The summed E-state index contributed by atoms with van der Waals surface area (Å²) in [6.45, 7) is 1.51. The van der Waals surface area contributed by atoms with E-state index in [-0.39, 0.29) is 34.4 Å². The molecular formula is C12H12O4S. The molecule has 0 spiro atoms. The number of allylic oxidation sites excluding steroid dienone is 2. The Morgan fingerprint density at radius 3 is 2.35 bits per heavy atom. The van der Waals surface area contributed by atoms with Crippen LogP contribution in [0.4, 0.5) is 0 Å². The maximum Gasteiger partial charge on any atom is 0.311 e. The fraction of sp³-hybridized carbons (Fsp3) is 0.250. The van der Waals surface area contributed by atoms with Crippen LogP contribution in [0, 0.1) is 0 Å². The Labute approximate surface area is 99.8 Å².